The summed E-state index contributed by atoms with van der Waals surface area (Å²) in [7, 11) is -1.77. The number of carbonyl (C=O) groups excluding carboxylic acids is 3. The average molecular weight is 1160 g/mol. The standard InChI is InChI=1S/C67H77ClF3N3O7Si/c1-46(44-80-59-32-37-72-58-28-16-19-47(2)61(58)59)39-50-41-49-30-31-54(43-57(49)65(50)33-35-66(36-34-65,63(77)78-6)74(62(76)67(69,70)71)53-23-17-22-51(68)42-53)79-38-18-29-60(75)73-52(40-48-20-10-7-11-21-48)45-81-82(64(3,4)5,55-24-12-8-13-25-55)56-26-14-9-15-27-56/h7-15,17,20-27,30-32,37,42-43,46-47,50,52H,16,18-19,28-29,33-36,38-41,44-45H2,1-6H3,(H,73,75)/t46-,47-,50+,52-,65?,66?/m1/s1. The van der Waals surface area contributed by atoms with Crippen LogP contribution in [0.5, 0.6) is 11.5 Å². The van der Waals surface area contributed by atoms with Gasteiger partial charge in [0.25, 0.3) is 8.32 Å². The van der Waals surface area contributed by atoms with Crippen LogP contribution in [-0.2, 0) is 48.2 Å². The normalized spacial score (nSPS) is 20.5. The topological polar surface area (TPSA) is 116 Å². The van der Waals surface area contributed by atoms with E-state index in [1.54, 1.807) is 0 Å². The number of aryl methyl sites for hydroxylation is 1. The number of hydrogen-bond acceptors (Lipinski definition) is 8. The van der Waals surface area contributed by atoms with Gasteiger partial charge in [0, 0.05) is 34.6 Å². The van der Waals surface area contributed by atoms with Crippen LogP contribution < -0.4 is 30.1 Å². The molecule has 1 saturated carbocycles. The molecule has 1 heterocycles. The van der Waals surface area contributed by atoms with Crippen molar-refractivity contribution >= 4 is 53.8 Å². The molecule has 9 rings (SSSR count). The number of rotatable bonds is 21. The molecule has 0 saturated heterocycles. The van der Waals surface area contributed by atoms with Crippen LogP contribution in [0.25, 0.3) is 0 Å². The monoisotopic (exact) mass is 1160 g/mol. The lowest BCUT2D eigenvalue weighted by Crippen LogP contribution is -2.67. The average Bonchev–Trinajstić information content (AvgIpc) is 2.60. The minimum Gasteiger partial charge on any atom is -0.494 e. The van der Waals surface area contributed by atoms with Crippen molar-refractivity contribution in [3.05, 3.63) is 179 Å². The maximum atomic E-state index is 14.7. The molecule has 0 radical (unpaired) electrons. The van der Waals surface area contributed by atoms with E-state index in [0.717, 1.165) is 71.3 Å². The Bertz CT molecular complexity index is 3110. The first-order valence-electron chi connectivity index (χ1n) is 29.0. The van der Waals surface area contributed by atoms with Crippen LogP contribution >= 0.6 is 11.6 Å². The van der Waals surface area contributed by atoms with E-state index in [-0.39, 0.29) is 78.2 Å². The second-order valence-electron chi connectivity index (χ2n) is 24.0. The molecule has 4 atom stereocenters. The van der Waals surface area contributed by atoms with Crippen LogP contribution in [0, 0.1) is 11.8 Å². The third-order valence-corrected chi connectivity index (χ3v) is 22.8. The summed E-state index contributed by atoms with van der Waals surface area (Å²) >= 11 is 6.35. The minimum atomic E-state index is -5.31. The fourth-order valence-electron chi connectivity index (χ4n) is 13.7. The van der Waals surface area contributed by atoms with Crippen molar-refractivity contribution in [1.29, 1.82) is 0 Å². The van der Waals surface area contributed by atoms with Gasteiger partial charge < -0.3 is 24.0 Å². The summed E-state index contributed by atoms with van der Waals surface area (Å²) in [4.78, 5) is 47.1. The summed E-state index contributed by atoms with van der Waals surface area (Å²) in [5.74, 6) is -1.35. The Morgan fingerprint density at radius 2 is 1.50 bits per heavy atom. The largest absolute Gasteiger partial charge is 0.494 e. The van der Waals surface area contributed by atoms with Gasteiger partial charge >= 0.3 is 18.1 Å². The highest BCUT2D eigenvalue weighted by Crippen LogP contribution is 2.58. The summed E-state index contributed by atoms with van der Waals surface area (Å²) in [6.07, 6.45) is 2.55. The van der Waals surface area contributed by atoms with Crippen molar-refractivity contribution in [1.82, 2.24) is 10.3 Å². The number of fused-ring (bicyclic) bond motifs is 3. The van der Waals surface area contributed by atoms with Crippen molar-refractivity contribution in [3.8, 4) is 11.5 Å². The molecule has 5 aromatic carbocycles. The number of amides is 2. The number of methoxy groups -OCH3 is 1. The van der Waals surface area contributed by atoms with E-state index in [2.05, 4.69) is 112 Å². The van der Waals surface area contributed by atoms with Gasteiger partial charge in [-0.05, 0) is 162 Å². The second kappa shape index (κ2) is 25.6. The maximum absolute atomic E-state index is 14.7. The zero-order valence-electron chi connectivity index (χ0n) is 48.0. The number of carbonyl (C=O) groups is 3. The predicted molar refractivity (Wildman–Crippen MR) is 319 cm³/mol. The number of pyridine rings is 1. The fourth-order valence-corrected chi connectivity index (χ4v) is 18.5. The van der Waals surface area contributed by atoms with Gasteiger partial charge in [0.05, 0.1) is 33.0 Å². The number of ether oxygens (including phenoxy) is 3. The number of nitrogens with zero attached hydrogens (tertiary/aromatic N) is 2. The molecule has 1 fully saturated rings. The molecule has 0 unspecified atom stereocenters. The number of esters is 1. The molecular weight excluding hydrogens is 1080 g/mol. The van der Waals surface area contributed by atoms with Crippen LogP contribution in [0.15, 0.2) is 146 Å². The number of anilines is 1. The lowest BCUT2D eigenvalue weighted by atomic mass is 9.59. The summed E-state index contributed by atoms with van der Waals surface area (Å²) in [5.41, 5.74) is 2.71. The van der Waals surface area contributed by atoms with Gasteiger partial charge in [-0.2, -0.15) is 13.2 Å². The Hall–Kier alpha value is -6.48. The molecule has 1 spiro atoms. The van der Waals surface area contributed by atoms with E-state index in [1.807, 2.05) is 54.7 Å². The number of nitrogens with one attached hydrogen (secondary N) is 1. The van der Waals surface area contributed by atoms with Gasteiger partial charge in [-0.15, -0.1) is 0 Å². The van der Waals surface area contributed by atoms with Gasteiger partial charge in [0.1, 0.15) is 17.0 Å². The third-order valence-electron chi connectivity index (χ3n) is 17.6. The van der Waals surface area contributed by atoms with Gasteiger partial charge in [-0.1, -0.05) is 149 Å². The fraction of sp³-hybridized carbons (Fsp3) is 0.433. The molecular formula is C67H77ClF3N3O7Si. The van der Waals surface area contributed by atoms with E-state index in [1.165, 1.54) is 29.8 Å². The Kier molecular flexibility index (Phi) is 18.7. The smallest absolute Gasteiger partial charge is 0.471 e. The Balaban J connectivity index is 0.937. The van der Waals surface area contributed by atoms with Crippen LogP contribution in [0.3, 0.4) is 0 Å². The molecule has 1 N–H and O–H groups in total. The van der Waals surface area contributed by atoms with E-state index in [4.69, 9.17) is 30.2 Å². The Morgan fingerprint density at radius 1 is 0.829 bits per heavy atom. The predicted octanol–water partition coefficient (Wildman–Crippen LogP) is 13.2. The molecule has 2 amide bonds. The van der Waals surface area contributed by atoms with Crippen LogP contribution in [0.2, 0.25) is 10.1 Å². The van der Waals surface area contributed by atoms with Crippen LogP contribution in [0.1, 0.15) is 126 Å². The van der Waals surface area contributed by atoms with Crippen molar-refractivity contribution < 1.29 is 46.2 Å². The highest BCUT2D eigenvalue weighted by molar-refractivity contribution is 6.99. The lowest BCUT2D eigenvalue weighted by Gasteiger charge is -2.51. The quantitative estimate of drug-likeness (QED) is 0.0430. The lowest BCUT2D eigenvalue weighted by molar-refractivity contribution is -0.174. The summed E-state index contributed by atoms with van der Waals surface area (Å²) < 4.78 is 69.9. The molecule has 3 aliphatic rings. The van der Waals surface area contributed by atoms with E-state index >= 15 is 0 Å². The number of halogens is 4. The van der Waals surface area contributed by atoms with Crippen molar-refractivity contribution in [2.45, 2.75) is 146 Å². The zero-order chi connectivity index (χ0) is 58.3. The molecule has 15 heteroatoms. The molecule has 1 aromatic heterocycles. The first-order valence-corrected chi connectivity index (χ1v) is 31.3. The first-order chi connectivity index (χ1) is 39.3. The van der Waals surface area contributed by atoms with Gasteiger partial charge in [-0.3, -0.25) is 19.5 Å². The minimum absolute atomic E-state index is 0.00308. The molecule has 0 bridgehead atoms. The number of hydrogen-bond donors (Lipinski definition) is 1. The highest BCUT2D eigenvalue weighted by atomic mass is 35.5. The van der Waals surface area contributed by atoms with Crippen LogP contribution in [-0.4, -0.2) is 75.8 Å². The van der Waals surface area contributed by atoms with Crippen molar-refractivity contribution in [3.63, 3.8) is 0 Å². The number of benzene rings is 5. The van der Waals surface area contributed by atoms with Gasteiger partial charge in [-0.25, -0.2) is 4.79 Å². The first kappa shape index (κ1) is 60.1. The maximum Gasteiger partial charge on any atom is 0.471 e. The Morgan fingerprint density at radius 3 is 2.13 bits per heavy atom. The molecule has 6 aromatic rings. The zero-order valence-corrected chi connectivity index (χ0v) is 49.8. The second-order valence-corrected chi connectivity index (χ2v) is 28.8. The number of alkyl halides is 3. The van der Waals surface area contributed by atoms with Crippen molar-refractivity contribution in [2.24, 2.45) is 11.8 Å². The molecule has 10 nitrogen and oxygen atoms in total. The molecule has 434 valence electrons. The van der Waals surface area contributed by atoms with E-state index < -0.39 is 37.3 Å². The number of aromatic nitrogens is 1. The van der Waals surface area contributed by atoms with Gasteiger partial charge in [0.15, 0.2) is 0 Å². The van der Waals surface area contributed by atoms with Crippen molar-refractivity contribution in [2.75, 3.05) is 31.8 Å². The highest BCUT2D eigenvalue weighted by Gasteiger charge is 2.61. The molecule has 82 heavy (non-hydrogen) atoms. The van der Waals surface area contributed by atoms with Gasteiger partial charge in [0.2, 0.25) is 5.91 Å². The summed E-state index contributed by atoms with van der Waals surface area (Å²) in [5, 5.41) is 5.52. The van der Waals surface area contributed by atoms with E-state index in [9.17, 15) is 27.6 Å². The summed E-state index contributed by atoms with van der Waals surface area (Å²) in [6.45, 7) is 12.1. The molecule has 0 aliphatic heterocycles. The molecule has 3 aliphatic carbocycles. The van der Waals surface area contributed by atoms with Crippen LogP contribution in [0.4, 0.5) is 18.9 Å². The Labute approximate surface area is 487 Å². The third kappa shape index (κ3) is 12.8. The SMILES string of the molecule is COC(=O)C1(N(C(=O)C(F)(F)F)c2cccc(Cl)c2)CCC2(CC1)c1cc(OCCCC(=O)N[C@@H](CO[Si](c3ccccc3)(c3ccccc3)C(C)(C)C)Cc3ccccc3)ccc1C[C@@H]2C[C@@H](C)COc1ccnc2c1[C@H](C)CCC2. The van der Waals surface area contributed by atoms with E-state index in [0.29, 0.717) is 49.0 Å². The summed E-state index contributed by atoms with van der Waals surface area (Å²) in [6, 6.07) is 44.3.